The zero-order chi connectivity index (χ0) is 8.81. The van der Waals surface area contributed by atoms with Crippen molar-refractivity contribution in [2.75, 3.05) is 0 Å². The number of aromatic nitrogens is 2. The van der Waals surface area contributed by atoms with Gasteiger partial charge in [0.15, 0.2) is 0 Å². The molecular formula is C6H2Br2N2S2Zn. The van der Waals surface area contributed by atoms with Crippen molar-refractivity contribution in [2.45, 2.75) is 0 Å². The predicted molar refractivity (Wildman–Crippen MR) is 57.3 cm³/mol. The van der Waals surface area contributed by atoms with Gasteiger partial charge in [-0.25, -0.2) is 0 Å². The summed E-state index contributed by atoms with van der Waals surface area (Å²) in [6, 6.07) is 0. The summed E-state index contributed by atoms with van der Waals surface area (Å²) in [6.07, 6.45) is 3.27. The summed E-state index contributed by atoms with van der Waals surface area (Å²) in [5.41, 5.74) is 0. The van der Waals surface area contributed by atoms with Gasteiger partial charge in [-0.3, -0.25) is 0 Å². The van der Waals surface area contributed by atoms with Crippen LogP contribution in [0.4, 0.5) is 0 Å². The van der Waals surface area contributed by atoms with E-state index in [0.29, 0.717) is 0 Å². The molecule has 0 radical (unpaired) electrons. The molecule has 2 heterocycles. The van der Waals surface area contributed by atoms with E-state index in [9.17, 15) is 0 Å². The first kappa shape index (κ1) is 13.8. The summed E-state index contributed by atoms with van der Waals surface area (Å²) in [7, 11) is 0. The molecule has 0 aromatic carbocycles. The van der Waals surface area contributed by atoms with Crippen molar-refractivity contribution in [1.29, 1.82) is 0 Å². The van der Waals surface area contributed by atoms with Crippen molar-refractivity contribution < 1.29 is 19.5 Å². The maximum Gasteiger partial charge on any atom is 2.00 e. The molecule has 0 aliphatic heterocycles. The second kappa shape index (κ2) is 8.18. The minimum atomic E-state index is 0. The fourth-order valence-corrected chi connectivity index (χ4v) is 1.74. The Hall–Kier alpha value is 0.843. The smallest absolute Gasteiger partial charge is 0.353 e. The molecule has 0 N–H and O–H groups in total. The molecule has 64 valence electrons. The van der Waals surface area contributed by atoms with Gasteiger partial charge in [0.05, 0.1) is 0 Å². The minimum Gasteiger partial charge on any atom is -0.353 e. The van der Waals surface area contributed by atoms with Crippen LogP contribution in [-0.2, 0) is 19.5 Å². The largest absolute Gasteiger partial charge is 2.00 e. The monoisotopic (exact) mass is 388 g/mol. The Bertz CT molecular complexity index is 266. The first-order valence-electron chi connectivity index (χ1n) is 2.74. The molecular weight excluding hydrogens is 389 g/mol. The molecule has 2 nitrogen and oxygen atoms in total. The Balaban J connectivity index is 0.000000206. The van der Waals surface area contributed by atoms with Gasteiger partial charge < -0.3 is 32.6 Å². The standard InChI is InChI=1S/2C3HBrNS.Zn/c2*4-3-5-1-2-6-3;/h2*1H;/q2*-1;+2. The Morgan fingerprint density at radius 3 is 1.46 bits per heavy atom. The molecule has 0 aliphatic rings. The van der Waals surface area contributed by atoms with E-state index in [1.807, 2.05) is 0 Å². The van der Waals surface area contributed by atoms with E-state index in [2.05, 4.69) is 52.6 Å². The average molecular weight is 391 g/mol. The molecule has 7 heteroatoms. The van der Waals surface area contributed by atoms with Crippen LogP contribution in [0.15, 0.2) is 20.2 Å². The molecule has 0 amide bonds. The predicted octanol–water partition coefficient (Wildman–Crippen LogP) is 3.41. The van der Waals surface area contributed by atoms with E-state index in [1.165, 1.54) is 22.7 Å². The quantitative estimate of drug-likeness (QED) is 0.508. The number of hydrogen-bond donors (Lipinski definition) is 0. The van der Waals surface area contributed by atoms with E-state index < -0.39 is 0 Å². The molecule has 0 saturated heterocycles. The molecule has 0 fully saturated rings. The van der Waals surface area contributed by atoms with Gasteiger partial charge in [-0.05, 0) is 0 Å². The fourth-order valence-electron chi connectivity index (χ4n) is 0.357. The second-order valence-electron chi connectivity index (χ2n) is 1.46. The van der Waals surface area contributed by atoms with Crippen LogP contribution < -0.4 is 0 Å². The molecule has 0 spiro atoms. The van der Waals surface area contributed by atoms with Crippen LogP contribution in [-0.4, -0.2) is 9.97 Å². The second-order valence-corrected chi connectivity index (χ2v) is 5.67. The topological polar surface area (TPSA) is 25.8 Å². The summed E-state index contributed by atoms with van der Waals surface area (Å²) in [5, 5.41) is 5.63. The fraction of sp³-hybridized carbons (Fsp3) is 0. The summed E-state index contributed by atoms with van der Waals surface area (Å²) >= 11 is 9.23. The molecule has 13 heavy (non-hydrogen) atoms. The third-order valence-corrected chi connectivity index (χ3v) is 3.10. The molecule has 0 aliphatic carbocycles. The van der Waals surface area contributed by atoms with Gasteiger partial charge in [0.1, 0.15) is 0 Å². The summed E-state index contributed by atoms with van der Waals surface area (Å²) in [4.78, 5) is 7.59. The van der Waals surface area contributed by atoms with Crippen LogP contribution in [0.1, 0.15) is 0 Å². The number of halogens is 2. The third kappa shape index (κ3) is 6.85. The molecule has 2 rings (SSSR count). The van der Waals surface area contributed by atoms with Gasteiger partial charge in [0.25, 0.3) is 0 Å². The molecule has 0 bridgehead atoms. The van der Waals surface area contributed by atoms with Crippen LogP contribution in [0, 0.1) is 10.8 Å². The average Bonchev–Trinajstić information content (AvgIpc) is 2.63. The summed E-state index contributed by atoms with van der Waals surface area (Å²) < 4.78 is 1.78. The van der Waals surface area contributed by atoms with Crippen LogP contribution >= 0.6 is 54.5 Å². The van der Waals surface area contributed by atoms with Crippen LogP contribution in [0.5, 0.6) is 0 Å². The molecule has 0 saturated carbocycles. The van der Waals surface area contributed by atoms with Crippen LogP contribution in [0.2, 0.25) is 0 Å². The first-order valence-corrected chi connectivity index (χ1v) is 5.95. The zero-order valence-electron chi connectivity index (χ0n) is 6.33. The van der Waals surface area contributed by atoms with Gasteiger partial charge in [-0.1, -0.05) is 12.4 Å². The number of nitrogens with zero attached hydrogens (tertiary/aromatic N) is 2. The van der Waals surface area contributed by atoms with Crippen molar-refractivity contribution in [3.8, 4) is 0 Å². The Labute approximate surface area is 114 Å². The van der Waals surface area contributed by atoms with Crippen molar-refractivity contribution in [3.05, 3.63) is 31.0 Å². The van der Waals surface area contributed by atoms with Gasteiger partial charge in [-0.15, -0.1) is 31.9 Å². The van der Waals surface area contributed by atoms with E-state index >= 15 is 0 Å². The zero-order valence-corrected chi connectivity index (χ0v) is 14.1. The normalized spacial score (nSPS) is 8.15. The third-order valence-electron chi connectivity index (χ3n) is 0.724. The van der Waals surface area contributed by atoms with E-state index in [0.717, 1.165) is 7.83 Å². The van der Waals surface area contributed by atoms with Crippen molar-refractivity contribution in [2.24, 2.45) is 0 Å². The molecule has 2 aromatic heterocycles. The minimum absolute atomic E-state index is 0. The van der Waals surface area contributed by atoms with E-state index in [4.69, 9.17) is 0 Å². The maximum atomic E-state index is 3.80. The Morgan fingerprint density at radius 2 is 1.38 bits per heavy atom. The van der Waals surface area contributed by atoms with Crippen molar-refractivity contribution in [3.63, 3.8) is 0 Å². The SMILES string of the molecule is Brc1nc[c-]s1.Brc1nc[c-]s1.[Zn+2]. The Kier molecular flexibility index (Phi) is 8.71. The summed E-state index contributed by atoms with van der Waals surface area (Å²) in [5.74, 6) is 0. The van der Waals surface area contributed by atoms with Crippen molar-refractivity contribution in [1.82, 2.24) is 9.97 Å². The van der Waals surface area contributed by atoms with Gasteiger partial charge >= 0.3 is 19.5 Å². The molecule has 0 atom stereocenters. The van der Waals surface area contributed by atoms with Gasteiger partial charge in [0.2, 0.25) is 0 Å². The van der Waals surface area contributed by atoms with Crippen LogP contribution in [0.25, 0.3) is 0 Å². The Morgan fingerprint density at radius 1 is 1.00 bits per heavy atom. The van der Waals surface area contributed by atoms with E-state index in [-0.39, 0.29) is 19.5 Å². The number of hydrogen-bond acceptors (Lipinski definition) is 4. The number of thiazole rings is 2. The van der Waals surface area contributed by atoms with Gasteiger partial charge in [0, 0.05) is 7.83 Å². The maximum absolute atomic E-state index is 3.80. The van der Waals surface area contributed by atoms with Gasteiger partial charge in [-0.2, -0.15) is 10.8 Å². The van der Waals surface area contributed by atoms with Crippen molar-refractivity contribution >= 4 is 54.5 Å². The molecule has 0 unspecified atom stereocenters. The summed E-state index contributed by atoms with van der Waals surface area (Å²) in [6.45, 7) is 0. The van der Waals surface area contributed by atoms with Crippen LogP contribution in [0.3, 0.4) is 0 Å². The van der Waals surface area contributed by atoms with E-state index in [1.54, 1.807) is 12.4 Å². The number of rotatable bonds is 0. The first-order chi connectivity index (χ1) is 5.79. The molecule has 2 aromatic rings.